The van der Waals surface area contributed by atoms with E-state index < -0.39 is 26.7 Å². The Morgan fingerprint density at radius 1 is 0.969 bits per heavy atom. The van der Waals surface area contributed by atoms with Crippen LogP contribution in [0.1, 0.15) is 30.0 Å². The first-order valence-corrected chi connectivity index (χ1v) is 11.9. The van der Waals surface area contributed by atoms with Gasteiger partial charge in [0.15, 0.2) is 0 Å². The topological polar surface area (TPSA) is 69.7 Å². The van der Waals surface area contributed by atoms with Gasteiger partial charge in [0, 0.05) is 26.2 Å². The zero-order chi connectivity index (χ0) is 22.9. The molecule has 0 aromatic heterocycles. The Morgan fingerprint density at radius 2 is 1.62 bits per heavy atom. The average molecular weight is 468 g/mol. The molecule has 0 bridgehead atoms. The number of nitrogens with zero attached hydrogens (tertiary/aromatic N) is 2. The maximum Gasteiger partial charge on any atom is 0.416 e. The van der Waals surface area contributed by atoms with E-state index >= 15 is 0 Å². The minimum absolute atomic E-state index is 0.0193. The van der Waals surface area contributed by atoms with Gasteiger partial charge < -0.3 is 10.2 Å². The summed E-state index contributed by atoms with van der Waals surface area (Å²) < 4.78 is 65.7. The van der Waals surface area contributed by atoms with Crippen LogP contribution in [0.5, 0.6) is 0 Å². The predicted molar refractivity (Wildman–Crippen MR) is 112 cm³/mol. The molecule has 2 aromatic carbocycles. The highest BCUT2D eigenvalue weighted by Gasteiger charge is 2.37. The lowest BCUT2D eigenvalue weighted by Crippen LogP contribution is -2.53. The van der Waals surface area contributed by atoms with Crippen LogP contribution in [-0.2, 0) is 16.2 Å². The summed E-state index contributed by atoms with van der Waals surface area (Å²) in [6, 6.07) is 13.1. The van der Waals surface area contributed by atoms with Gasteiger partial charge in [0.05, 0.1) is 16.5 Å². The number of benzene rings is 2. The Hall–Kier alpha value is -2.59. The molecule has 1 atom stereocenters. The summed E-state index contributed by atoms with van der Waals surface area (Å²) in [5.41, 5.74) is 0.0257. The van der Waals surface area contributed by atoms with Crippen molar-refractivity contribution in [3.05, 3.63) is 65.7 Å². The van der Waals surface area contributed by atoms with Crippen molar-refractivity contribution in [2.75, 3.05) is 26.2 Å². The SMILES string of the molecule is O=C(N[C@H](c1ccccc1)C1CC1)N1CCN(S(=O)(=O)c2cccc(C(F)(F)F)c2)CC1. The summed E-state index contributed by atoms with van der Waals surface area (Å²) in [6.07, 6.45) is -2.54. The molecule has 6 nitrogen and oxygen atoms in total. The molecule has 0 unspecified atom stereocenters. The Labute approximate surface area is 185 Å². The normalized spacial score (nSPS) is 18.9. The zero-order valence-electron chi connectivity index (χ0n) is 17.3. The van der Waals surface area contributed by atoms with Gasteiger partial charge in [-0.05, 0) is 42.5 Å². The third-order valence-corrected chi connectivity index (χ3v) is 7.75. The molecule has 0 radical (unpaired) electrons. The van der Waals surface area contributed by atoms with E-state index in [9.17, 15) is 26.4 Å². The van der Waals surface area contributed by atoms with Gasteiger partial charge in [-0.15, -0.1) is 0 Å². The van der Waals surface area contributed by atoms with E-state index in [-0.39, 0.29) is 38.3 Å². The summed E-state index contributed by atoms with van der Waals surface area (Å²) in [4.78, 5) is 14.0. The lowest BCUT2D eigenvalue weighted by atomic mass is 10.0. The Kier molecular flexibility index (Phi) is 6.17. The van der Waals surface area contributed by atoms with Crippen LogP contribution in [-0.4, -0.2) is 49.8 Å². The fourth-order valence-corrected chi connectivity index (χ4v) is 5.37. The standard InChI is InChI=1S/C22H24F3N3O3S/c23-22(24,25)18-7-4-8-19(15-18)32(30,31)28-13-11-27(12-14-28)21(29)26-20(17-9-10-17)16-5-2-1-3-6-16/h1-8,15,17,20H,9-14H2,(H,26,29)/t20-/m1/s1. The van der Waals surface area contributed by atoms with Crippen molar-refractivity contribution >= 4 is 16.1 Å². The number of rotatable bonds is 5. The summed E-state index contributed by atoms with van der Waals surface area (Å²) in [5.74, 6) is 0.393. The second-order valence-corrected chi connectivity index (χ2v) is 10.0. The van der Waals surface area contributed by atoms with Crippen molar-refractivity contribution in [3.8, 4) is 0 Å². The summed E-state index contributed by atoms with van der Waals surface area (Å²) in [5, 5.41) is 3.07. The van der Waals surface area contributed by atoms with Crippen molar-refractivity contribution in [1.82, 2.24) is 14.5 Å². The molecule has 1 heterocycles. The molecule has 1 aliphatic carbocycles. The molecule has 2 fully saturated rings. The number of hydrogen-bond donors (Lipinski definition) is 1. The van der Waals surface area contributed by atoms with Crippen LogP contribution in [0.25, 0.3) is 0 Å². The molecule has 172 valence electrons. The molecule has 1 saturated carbocycles. The highest BCUT2D eigenvalue weighted by Crippen LogP contribution is 2.41. The van der Waals surface area contributed by atoms with Crippen LogP contribution in [0.4, 0.5) is 18.0 Å². The average Bonchev–Trinajstić information content (AvgIpc) is 3.63. The smallest absolute Gasteiger partial charge is 0.331 e. The maximum absolute atomic E-state index is 13.0. The third kappa shape index (κ3) is 4.91. The molecule has 0 spiro atoms. The molecular weight excluding hydrogens is 443 g/mol. The lowest BCUT2D eigenvalue weighted by molar-refractivity contribution is -0.137. The molecule has 2 amide bonds. The van der Waals surface area contributed by atoms with Crippen molar-refractivity contribution < 1.29 is 26.4 Å². The van der Waals surface area contributed by atoms with Gasteiger partial charge in [-0.25, -0.2) is 13.2 Å². The van der Waals surface area contributed by atoms with E-state index in [0.29, 0.717) is 12.0 Å². The molecule has 1 saturated heterocycles. The highest BCUT2D eigenvalue weighted by atomic mass is 32.2. The number of hydrogen-bond acceptors (Lipinski definition) is 3. The van der Waals surface area contributed by atoms with Gasteiger partial charge in [-0.2, -0.15) is 17.5 Å². The Morgan fingerprint density at radius 3 is 2.22 bits per heavy atom. The summed E-state index contributed by atoms with van der Waals surface area (Å²) >= 11 is 0. The van der Waals surface area contributed by atoms with Gasteiger partial charge in [-0.3, -0.25) is 0 Å². The molecule has 10 heteroatoms. The quantitative estimate of drug-likeness (QED) is 0.726. The second-order valence-electron chi connectivity index (χ2n) is 8.09. The van der Waals surface area contributed by atoms with Gasteiger partial charge in [0.25, 0.3) is 0 Å². The molecular formula is C22H24F3N3O3S. The number of carbonyl (C=O) groups is 1. The summed E-state index contributed by atoms with van der Waals surface area (Å²) in [6.45, 7) is 0.364. The van der Waals surface area contributed by atoms with E-state index in [1.54, 1.807) is 4.90 Å². The van der Waals surface area contributed by atoms with E-state index in [2.05, 4.69) is 5.32 Å². The largest absolute Gasteiger partial charge is 0.416 e. The first kappa shape index (κ1) is 22.6. The van der Waals surface area contributed by atoms with E-state index in [1.165, 1.54) is 0 Å². The van der Waals surface area contributed by atoms with Crippen LogP contribution in [0.15, 0.2) is 59.5 Å². The number of alkyl halides is 3. The van der Waals surface area contributed by atoms with Crippen molar-refractivity contribution in [2.24, 2.45) is 5.92 Å². The second kappa shape index (κ2) is 8.74. The number of nitrogens with one attached hydrogen (secondary N) is 1. The predicted octanol–water partition coefficient (Wildman–Crippen LogP) is 3.87. The van der Waals surface area contributed by atoms with Crippen molar-refractivity contribution in [3.63, 3.8) is 0 Å². The van der Waals surface area contributed by atoms with E-state index in [1.807, 2.05) is 30.3 Å². The minimum atomic E-state index is -4.63. The highest BCUT2D eigenvalue weighted by molar-refractivity contribution is 7.89. The molecule has 2 aromatic rings. The minimum Gasteiger partial charge on any atom is -0.331 e. The molecule has 1 N–H and O–H groups in total. The van der Waals surface area contributed by atoms with Gasteiger partial charge in [-0.1, -0.05) is 36.4 Å². The monoisotopic (exact) mass is 467 g/mol. The Bertz CT molecular complexity index is 1060. The number of carbonyl (C=O) groups excluding carboxylic acids is 1. The number of halogens is 3. The molecule has 32 heavy (non-hydrogen) atoms. The number of sulfonamides is 1. The van der Waals surface area contributed by atoms with Gasteiger partial charge in [0.2, 0.25) is 10.0 Å². The summed E-state index contributed by atoms with van der Waals surface area (Å²) in [7, 11) is -4.09. The maximum atomic E-state index is 13.0. The van der Waals surface area contributed by atoms with Crippen LogP contribution in [0, 0.1) is 5.92 Å². The van der Waals surface area contributed by atoms with E-state index in [4.69, 9.17) is 0 Å². The van der Waals surface area contributed by atoms with Gasteiger partial charge in [0.1, 0.15) is 0 Å². The molecule has 1 aliphatic heterocycles. The van der Waals surface area contributed by atoms with Crippen molar-refractivity contribution in [1.29, 1.82) is 0 Å². The fraction of sp³-hybridized carbons (Fsp3) is 0.409. The van der Waals surface area contributed by atoms with E-state index in [0.717, 1.165) is 40.9 Å². The van der Waals surface area contributed by atoms with Crippen molar-refractivity contribution in [2.45, 2.75) is 30.0 Å². The first-order chi connectivity index (χ1) is 15.2. The number of urea groups is 1. The lowest BCUT2D eigenvalue weighted by Gasteiger charge is -2.35. The third-order valence-electron chi connectivity index (χ3n) is 5.86. The van der Waals surface area contributed by atoms with Crippen LogP contribution in [0.3, 0.4) is 0 Å². The molecule has 2 aliphatic rings. The number of piperazine rings is 1. The zero-order valence-corrected chi connectivity index (χ0v) is 18.1. The molecule has 4 rings (SSSR count). The van der Waals surface area contributed by atoms with Crippen LogP contribution >= 0.6 is 0 Å². The number of amides is 2. The first-order valence-electron chi connectivity index (χ1n) is 10.4. The fourth-order valence-electron chi connectivity index (χ4n) is 3.90. The van der Waals surface area contributed by atoms with Crippen LogP contribution < -0.4 is 5.32 Å². The Balaban J connectivity index is 1.40. The van der Waals surface area contributed by atoms with Gasteiger partial charge >= 0.3 is 12.2 Å². The van der Waals surface area contributed by atoms with Crippen LogP contribution in [0.2, 0.25) is 0 Å².